The lowest BCUT2D eigenvalue weighted by Gasteiger charge is -2.31. The number of nitrogens with two attached hydrogens (primary N) is 1. The van der Waals surface area contributed by atoms with E-state index in [-0.39, 0.29) is 10.9 Å². The van der Waals surface area contributed by atoms with Crippen LogP contribution in [0.5, 0.6) is 0 Å². The quantitative estimate of drug-likeness (QED) is 0.809. The van der Waals surface area contributed by atoms with Gasteiger partial charge in [-0.15, -0.1) is 0 Å². The maximum Gasteiger partial charge on any atom is 0.240 e. The van der Waals surface area contributed by atoms with Gasteiger partial charge in [0.15, 0.2) is 0 Å². The predicted octanol–water partition coefficient (Wildman–Crippen LogP) is 1.03. The fourth-order valence-corrected chi connectivity index (χ4v) is 3.70. The second-order valence-electron chi connectivity index (χ2n) is 4.90. The maximum absolute atomic E-state index is 12.2. The summed E-state index contributed by atoms with van der Waals surface area (Å²) in [5.74, 6) is 0. The lowest BCUT2D eigenvalue weighted by Crippen LogP contribution is -2.44. The van der Waals surface area contributed by atoms with Gasteiger partial charge in [-0.05, 0) is 50.7 Å². The van der Waals surface area contributed by atoms with Crippen LogP contribution in [0, 0.1) is 0 Å². The van der Waals surface area contributed by atoms with Crippen molar-refractivity contribution in [1.82, 2.24) is 9.62 Å². The minimum absolute atomic E-state index is 0.0224. The zero-order chi connectivity index (χ0) is 13.9. The molecule has 1 aromatic rings. The topological polar surface area (TPSA) is 75.4 Å². The van der Waals surface area contributed by atoms with Gasteiger partial charge >= 0.3 is 0 Å². The normalized spacial score (nSPS) is 18.6. The highest BCUT2D eigenvalue weighted by atomic mass is 32.2. The van der Waals surface area contributed by atoms with E-state index in [1.165, 1.54) is 6.07 Å². The molecule has 0 bridgehead atoms. The van der Waals surface area contributed by atoms with E-state index in [9.17, 15) is 8.42 Å². The van der Waals surface area contributed by atoms with Crippen LogP contribution in [-0.2, 0) is 10.0 Å². The highest BCUT2D eigenvalue weighted by Gasteiger charge is 2.23. The summed E-state index contributed by atoms with van der Waals surface area (Å²) >= 11 is 0. The number of nitrogens with one attached hydrogen (secondary N) is 1. The summed E-state index contributed by atoms with van der Waals surface area (Å²) < 4.78 is 27.2. The first-order valence-corrected chi connectivity index (χ1v) is 8.10. The Morgan fingerprint density at radius 3 is 2.63 bits per heavy atom. The first-order chi connectivity index (χ1) is 9.01. The SMILES string of the molecule is CCN1CCC(NS(=O)(=O)c2cccc(N)c2)CC1. The van der Waals surface area contributed by atoms with Gasteiger partial charge < -0.3 is 10.6 Å². The molecule has 0 amide bonds. The molecule has 0 aromatic heterocycles. The summed E-state index contributed by atoms with van der Waals surface area (Å²) in [6.07, 6.45) is 1.71. The molecular weight excluding hydrogens is 262 g/mol. The van der Waals surface area contributed by atoms with Crippen molar-refractivity contribution in [2.75, 3.05) is 25.4 Å². The molecular formula is C13H21N3O2S. The van der Waals surface area contributed by atoms with Gasteiger partial charge in [-0.1, -0.05) is 13.0 Å². The van der Waals surface area contributed by atoms with Gasteiger partial charge in [0.2, 0.25) is 10.0 Å². The molecule has 1 saturated heterocycles. The summed E-state index contributed by atoms with van der Waals surface area (Å²) in [6, 6.07) is 6.42. The Bertz CT molecular complexity index is 522. The lowest BCUT2D eigenvalue weighted by molar-refractivity contribution is 0.217. The van der Waals surface area contributed by atoms with Crippen molar-refractivity contribution in [2.24, 2.45) is 0 Å². The van der Waals surface area contributed by atoms with Crippen LogP contribution in [0.15, 0.2) is 29.2 Å². The molecule has 0 aliphatic carbocycles. The molecule has 2 rings (SSSR count). The van der Waals surface area contributed by atoms with Gasteiger partial charge in [0.05, 0.1) is 4.90 Å². The number of anilines is 1. The smallest absolute Gasteiger partial charge is 0.240 e. The number of nitrogen functional groups attached to an aromatic ring is 1. The van der Waals surface area contributed by atoms with Crippen LogP contribution in [0.4, 0.5) is 5.69 Å². The molecule has 1 fully saturated rings. The number of rotatable bonds is 4. The second kappa shape index (κ2) is 5.90. The fourth-order valence-electron chi connectivity index (χ4n) is 2.34. The van der Waals surface area contributed by atoms with Gasteiger partial charge in [0.1, 0.15) is 0 Å². The number of hydrogen-bond acceptors (Lipinski definition) is 4. The molecule has 1 aromatic carbocycles. The van der Waals surface area contributed by atoms with Gasteiger partial charge in [-0.3, -0.25) is 0 Å². The molecule has 3 N–H and O–H groups in total. The third-order valence-electron chi connectivity index (χ3n) is 3.53. The average molecular weight is 283 g/mol. The molecule has 1 aliphatic heterocycles. The molecule has 0 spiro atoms. The van der Waals surface area contributed by atoms with Gasteiger partial charge in [-0.2, -0.15) is 0 Å². The van der Waals surface area contributed by atoms with Crippen molar-refractivity contribution < 1.29 is 8.42 Å². The number of piperidine rings is 1. The van der Waals surface area contributed by atoms with Crippen molar-refractivity contribution in [1.29, 1.82) is 0 Å². The second-order valence-corrected chi connectivity index (χ2v) is 6.62. The highest BCUT2D eigenvalue weighted by molar-refractivity contribution is 7.89. The minimum Gasteiger partial charge on any atom is -0.399 e. The van der Waals surface area contributed by atoms with Crippen molar-refractivity contribution in [2.45, 2.75) is 30.7 Å². The number of sulfonamides is 1. The molecule has 0 radical (unpaired) electrons. The Balaban J connectivity index is 2.02. The summed E-state index contributed by atoms with van der Waals surface area (Å²) in [5.41, 5.74) is 6.09. The van der Waals surface area contributed by atoms with Crippen LogP contribution in [-0.4, -0.2) is 39.0 Å². The van der Waals surface area contributed by atoms with E-state index in [0.717, 1.165) is 32.5 Å². The molecule has 0 atom stereocenters. The minimum atomic E-state index is -3.46. The summed E-state index contributed by atoms with van der Waals surface area (Å²) in [5, 5.41) is 0. The van der Waals surface area contributed by atoms with E-state index in [0.29, 0.717) is 5.69 Å². The molecule has 1 aliphatic rings. The average Bonchev–Trinajstić information content (AvgIpc) is 2.39. The van der Waals surface area contributed by atoms with Crippen LogP contribution < -0.4 is 10.5 Å². The largest absolute Gasteiger partial charge is 0.399 e. The summed E-state index contributed by atoms with van der Waals surface area (Å²) in [6.45, 7) is 5.03. The Hall–Kier alpha value is -1.11. The monoisotopic (exact) mass is 283 g/mol. The number of likely N-dealkylation sites (tertiary alicyclic amines) is 1. The van der Waals surface area contributed by atoms with E-state index >= 15 is 0 Å². The number of hydrogen-bond donors (Lipinski definition) is 2. The predicted molar refractivity (Wildman–Crippen MR) is 76.3 cm³/mol. The van der Waals surface area contributed by atoms with Gasteiger partial charge in [0.25, 0.3) is 0 Å². The molecule has 6 heteroatoms. The molecule has 1 heterocycles. The Labute approximate surface area is 114 Å². The molecule has 0 unspecified atom stereocenters. The van der Waals surface area contributed by atoms with Crippen molar-refractivity contribution in [3.05, 3.63) is 24.3 Å². The van der Waals surface area contributed by atoms with E-state index in [1.54, 1.807) is 18.2 Å². The summed E-state index contributed by atoms with van der Waals surface area (Å²) in [7, 11) is -3.46. The standard InChI is InChI=1S/C13H21N3O2S/c1-2-16-8-6-12(7-9-16)15-19(17,18)13-5-3-4-11(14)10-13/h3-5,10,12,15H,2,6-9,14H2,1H3. The number of benzene rings is 1. The first-order valence-electron chi connectivity index (χ1n) is 6.61. The fraction of sp³-hybridized carbons (Fsp3) is 0.538. The van der Waals surface area contributed by atoms with Gasteiger partial charge in [0, 0.05) is 11.7 Å². The highest BCUT2D eigenvalue weighted by Crippen LogP contribution is 2.16. The third-order valence-corrected chi connectivity index (χ3v) is 5.04. The van der Waals surface area contributed by atoms with Crippen LogP contribution in [0.3, 0.4) is 0 Å². The summed E-state index contributed by atoms with van der Waals surface area (Å²) in [4.78, 5) is 2.57. The van der Waals surface area contributed by atoms with Crippen molar-refractivity contribution in [3.8, 4) is 0 Å². The maximum atomic E-state index is 12.2. The van der Waals surface area contributed by atoms with Crippen LogP contribution >= 0.6 is 0 Å². The molecule has 0 saturated carbocycles. The van der Waals surface area contributed by atoms with E-state index in [1.807, 2.05) is 0 Å². The molecule has 106 valence electrons. The Kier molecular flexibility index (Phi) is 4.44. The molecule has 19 heavy (non-hydrogen) atoms. The van der Waals surface area contributed by atoms with Crippen LogP contribution in [0.25, 0.3) is 0 Å². The van der Waals surface area contributed by atoms with Crippen LogP contribution in [0.1, 0.15) is 19.8 Å². The zero-order valence-electron chi connectivity index (χ0n) is 11.2. The number of nitrogens with zero attached hydrogens (tertiary/aromatic N) is 1. The van der Waals surface area contributed by atoms with E-state index < -0.39 is 10.0 Å². The van der Waals surface area contributed by atoms with E-state index in [2.05, 4.69) is 16.5 Å². The van der Waals surface area contributed by atoms with E-state index in [4.69, 9.17) is 5.73 Å². The molecule has 5 nitrogen and oxygen atoms in total. The van der Waals surface area contributed by atoms with Crippen molar-refractivity contribution in [3.63, 3.8) is 0 Å². The van der Waals surface area contributed by atoms with Gasteiger partial charge in [-0.25, -0.2) is 13.1 Å². The first kappa shape index (κ1) is 14.3. The Morgan fingerprint density at radius 2 is 2.05 bits per heavy atom. The van der Waals surface area contributed by atoms with Crippen molar-refractivity contribution >= 4 is 15.7 Å². The third kappa shape index (κ3) is 3.68. The van der Waals surface area contributed by atoms with Crippen LogP contribution in [0.2, 0.25) is 0 Å². The zero-order valence-corrected chi connectivity index (χ0v) is 12.0. The lowest BCUT2D eigenvalue weighted by atomic mass is 10.1. The Morgan fingerprint density at radius 1 is 1.37 bits per heavy atom.